The average Bonchev–Trinajstić information content (AvgIpc) is 2.73. The molecule has 1 heterocycles. The van der Waals surface area contributed by atoms with E-state index >= 15 is 0 Å². The van der Waals surface area contributed by atoms with Crippen molar-refractivity contribution in [1.29, 1.82) is 0 Å². The maximum Gasteiger partial charge on any atom is 0.0246 e. The minimum Gasteiger partial charge on any atom is -0.329 e. The van der Waals surface area contributed by atoms with E-state index in [2.05, 4.69) is 25.7 Å². The molecule has 2 unspecified atom stereocenters. The summed E-state index contributed by atoms with van der Waals surface area (Å²) >= 11 is 0. The SMILES string of the molecule is CCC1CCN(C(CN)C(CC)CC)C1. The Kier molecular flexibility index (Phi) is 5.62. The maximum absolute atomic E-state index is 5.95. The van der Waals surface area contributed by atoms with E-state index in [-0.39, 0.29) is 0 Å². The lowest BCUT2D eigenvalue weighted by Crippen LogP contribution is -2.44. The molecule has 1 aliphatic heterocycles. The summed E-state index contributed by atoms with van der Waals surface area (Å²) in [5, 5.41) is 0. The molecule has 0 amide bonds. The fourth-order valence-electron chi connectivity index (χ4n) is 2.97. The number of rotatable bonds is 6. The Balaban J connectivity index is 2.51. The Morgan fingerprint density at radius 1 is 1.27 bits per heavy atom. The van der Waals surface area contributed by atoms with E-state index in [1.807, 2.05) is 0 Å². The molecule has 90 valence electrons. The van der Waals surface area contributed by atoms with E-state index < -0.39 is 0 Å². The standard InChI is InChI=1S/C13H28N2/c1-4-11-7-8-15(10-11)13(9-14)12(5-2)6-3/h11-13H,4-10,14H2,1-3H3. The van der Waals surface area contributed by atoms with Gasteiger partial charge in [-0.15, -0.1) is 0 Å². The molecule has 0 aromatic carbocycles. The van der Waals surface area contributed by atoms with Crippen LogP contribution in [0.2, 0.25) is 0 Å². The van der Waals surface area contributed by atoms with E-state index in [1.165, 1.54) is 38.8 Å². The van der Waals surface area contributed by atoms with Crippen molar-refractivity contribution in [2.24, 2.45) is 17.6 Å². The zero-order chi connectivity index (χ0) is 11.3. The molecule has 0 bridgehead atoms. The van der Waals surface area contributed by atoms with Crippen molar-refractivity contribution in [2.45, 2.75) is 52.5 Å². The molecule has 0 aromatic heterocycles. The average molecular weight is 212 g/mol. The highest BCUT2D eigenvalue weighted by Gasteiger charge is 2.29. The molecule has 2 atom stereocenters. The highest BCUT2D eigenvalue weighted by atomic mass is 15.2. The second-order valence-corrected chi connectivity index (χ2v) is 4.94. The smallest absolute Gasteiger partial charge is 0.0246 e. The molecule has 2 N–H and O–H groups in total. The first-order valence-corrected chi connectivity index (χ1v) is 6.70. The third-order valence-corrected chi connectivity index (χ3v) is 4.20. The van der Waals surface area contributed by atoms with Gasteiger partial charge in [0.15, 0.2) is 0 Å². The topological polar surface area (TPSA) is 29.3 Å². The highest BCUT2D eigenvalue weighted by molar-refractivity contribution is 4.85. The Bertz CT molecular complexity index is 166. The Morgan fingerprint density at radius 2 is 1.93 bits per heavy atom. The van der Waals surface area contributed by atoms with Crippen LogP contribution in [-0.2, 0) is 0 Å². The summed E-state index contributed by atoms with van der Waals surface area (Å²) in [5.41, 5.74) is 5.95. The van der Waals surface area contributed by atoms with Gasteiger partial charge >= 0.3 is 0 Å². The van der Waals surface area contributed by atoms with Crippen LogP contribution in [-0.4, -0.2) is 30.6 Å². The zero-order valence-electron chi connectivity index (χ0n) is 10.7. The first-order chi connectivity index (χ1) is 7.26. The number of nitrogens with two attached hydrogens (primary N) is 1. The molecule has 2 nitrogen and oxygen atoms in total. The first-order valence-electron chi connectivity index (χ1n) is 6.70. The lowest BCUT2D eigenvalue weighted by molar-refractivity contribution is 0.165. The molecule has 2 heteroatoms. The second-order valence-electron chi connectivity index (χ2n) is 4.94. The van der Waals surface area contributed by atoms with E-state index in [4.69, 9.17) is 5.73 Å². The Hall–Kier alpha value is -0.0800. The largest absolute Gasteiger partial charge is 0.329 e. The summed E-state index contributed by atoms with van der Waals surface area (Å²) in [6.45, 7) is 10.3. The summed E-state index contributed by atoms with van der Waals surface area (Å²) in [7, 11) is 0. The first kappa shape index (κ1) is 13.0. The van der Waals surface area contributed by atoms with Gasteiger partial charge in [-0.3, -0.25) is 4.90 Å². The maximum atomic E-state index is 5.95. The van der Waals surface area contributed by atoms with Crippen LogP contribution < -0.4 is 5.73 Å². The monoisotopic (exact) mass is 212 g/mol. The highest BCUT2D eigenvalue weighted by Crippen LogP contribution is 2.26. The quantitative estimate of drug-likeness (QED) is 0.733. The fraction of sp³-hybridized carbons (Fsp3) is 1.00. The summed E-state index contributed by atoms with van der Waals surface area (Å²) in [6, 6.07) is 0.636. The third kappa shape index (κ3) is 3.18. The second kappa shape index (κ2) is 6.49. The number of hydrogen-bond donors (Lipinski definition) is 1. The zero-order valence-corrected chi connectivity index (χ0v) is 10.7. The number of likely N-dealkylation sites (tertiary alicyclic amines) is 1. The van der Waals surface area contributed by atoms with Gasteiger partial charge in [0, 0.05) is 19.1 Å². The van der Waals surface area contributed by atoms with Gasteiger partial charge in [0.1, 0.15) is 0 Å². The van der Waals surface area contributed by atoms with Crippen LogP contribution in [0, 0.1) is 11.8 Å². The van der Waals surface area contributed by atoms with Crippen molar-refractivity contribution in [3.63, 3.8) is 0 Å². The van der Waals surface area contributed by atoms with Gasteiger partial charge in [-0.1, -0.05) is 40.0 Å². The van der Waals surface area contributed by atoms with Gasteiger partial charge in [0.2, 0.25) is 0 Å². The molecule has 1 aliphatic rings. The van der Waals surface area contributed by atoms with Gasteiger partial charge in [-0.2, -0.15) is 0 Å². The molecule has 0 saturated carbocycles. The molecule has 1 saturated heterocycles. The molecular weight excluding hydrogens is 184 g/mol. The third-order valence-electron chi connectivity index (χ3n) is 4.20. The summed E-state index contributed by atoms with van der Waals surface area (Å²) in [6.07, 6.45) is 5.25. The van der Waals surface area contributed by atoms with E-state index in [9.17, 15) is 0 Å². The molecule has 0 spiro atoms. The van der Waals surface area contributed by atoms with Crippen molar-refractivity contribution < 1.29 is 0 Å². The van der Waals surface area contributed by atoms with Crippen LogP contribution in [0.1, 0.15) is 46.5 Å². The minimum atomic E-state index is 0.636. The van der Waals surface area contributed by atoms with Crippen LogP contribution >= 0.6 is 0 Å². The van der Waals surface area contributed by atoms with Gasteiger partial charge in [0.25, 0.3) is 0 Å². The molecule has 15 heavy (non-hydrogen) atoms. The van der Waals surface area contributed by atoms with Crippen LogP contribution in [0.3, 0.4) is 0 Å². The normalized spacial score (nSPS) is 25.0. The lowest BCUT2D eigenvalue weighted by atomic mass is 9.93. The molecular formula is C13H28N2. The van der Waals surface area contributed by atoms with Gasteiger partial charge < -0.3 is 5.73 Å². The van der Waals surface area contributed by atoms with Crippen LogP contribution in [0.4, 0.5) is 0 Å². The van der Waals surface area contributed by atoms with E-state index in [0.29, 0.717) is 6.04 Å². The molecule has 0 aliphatic carbocycles. The molecule has 0 radical (unpaired) electrons. The van der Waals surface area contributed by atoms with Crippen LogP contribution in [0.25, 0.3) is 0 Å². The molecule has 0 aromatic rings. The van der Waals surface area contributed by atoms with Crippen LogP contribution in [0.5, 0.6) is 0 Å². The van der Waals surface area contributed by atoms with Crippen LogP contribution in [0.15, 0.2) is 0 Å². The molecule has 1 fully saturated rings. The molecule has 1 rings (SSSR count). The van der Waals surface area contributed by atoms with E-state index in [0.717, 1.165) is 18.4 Å². The minimum absolute atomic E-state index is 0.636. The summed E-state index contributed by atoms with van der Waals surface area (Å²) in [5.74, 6) is 1.72. The van der Waals surface area contributed by atoms with Crippen molar-refractivity contribution in [3.8, 4) is 0 Å². The van der Waals surface area contributed by atoms with Crippen molar-refractivity contribution in [1.82, 2.24) is 4.90 Å². The number of hydrogen-bond acceptors (Lipinski definition) is 2. The predicted molar refractivity (Wildman–Crippen MR) is 66.9 cm³/mol. The Morgan fingerprint density at radius 3 is 2.33 bits per heavy atom. The van der Waals surface area contributed by atoms with Gasteiger partial charge in [0.05, 0.1) is 0 Å². The lowest BCUT2D eigenvalue weighted by Gasteiger charge is -2.33. The van der Waals surface area contributed by atoms with Gasteiger partial charge in [-0.05, 0) is 24.8 Å². The van der Waals surface area contributed by atoms with Gasteiger partial charge in [-0.25, -0.2) is 0 Å². The van der Waals surface area contributed by atoms with E-state index in [1.54, 1.807) is 0 Å². The van der Waals surface area contributed by atoms with Crippen molar-refractivity contribution in [3.05, 3.63) is 0 Å². The predicted octanol–water partition coefficient (Wildman–Crippen LogP) is 2.48. The van der Waals surface area contributed by atoms with Crippen molar-refractivity contribution >= 4 is 0 Å². The summed E-state index contributed by atoms with van der Waals surface area (Å²) < 4.78 is 0. The Labute approximate surface area is 95.2 Å². The van der Waals surface area contributed by atoms with Crippen molar-refractivity contribution in [2.75, 3.05) is 19.6 Å². The number of nitrogens with zero attached hydrogens (tertiary/aromatic N) is 1. The fourth-order valence-corrected chi connectivity index (χ4v) is 2.97. The summed E-state index contributed by atoms with van der Waals surface area (Å²) in [4.78, 5) is 2.64.